The third-order valence-electron chi connectivity index (χ3n) is 3.11. The van der Waals surface area contributed by atoms with Crippen molar-refractivity contribution in [2.24, 2.45) is 0 Å². The van der Waals surface area contributed by atoms with Crippen LogP contribution in [-0.4, -0.2) is 29.9 Å². The molecule has 0 spiro atoms. The van der Waals surface area contributed by atoms with Crippen molar-refractivity contribution >= 4 is 11.6 Å². The average molecular weight is 310 g/mol. The number of rotatable bonds is 5. The number of halogens is 1. The highest BCUT2D eigenvalue weighted by Crippen LogP contribution is 2.37. The largest absolute Gasteiger partial charge is 0.489 e. The molecule has 1 aromatic carbocycles. The molecule has 2 heterocycles. The Balaban J connectivity index is 1.58. The Morgan fingerprint density at radius 3 is 3.00 bits per heavy atom. The van der Waals surface area contributed by atoms with Gasteiger partial charge in [0.1, 0.15) is 0 Å². The molecule has 1 aliphatic heterocycles. The number of nitrogens with zero attached hydrogens (tertiary/aromatic N) is 2. The summed E-state index contributed by atoms with van der Waals surface area (Å²) in [5, 5.41) is 7.46. The Hall–Kier alpha value is -1.79. The molecule has 3 rings (SSSR count). The molecule has 2 aromatic rings. The molecule has 0 bridgehead atoms. The van der Waals surface area contributed by atoms with E-state index in [1.54, 1.807) is 0 Å². The summed E-state index contributed by atoms with van der Waals surface area (Å²) >= 11 is 6.25. The smallest absolute Gasteiger partial charge is 0.227 e. The Kier molecular flexibility index (Phi) is 4.57. The molecule has 6 nitrogen and oxygen atoms in total. The van der Waals surface area contributed by atoms with E-state index in [4.69, 9.17) is 25.6 Å². The minimum Gasteiger partial charge on any atom is -0.489 e. The summed E-state index contributed by atoms with van der Waals surface area (Å²) in [5.74, 6) is 1.98. The summed E-state index contributed by atoms with van der Waals surface area (Å²) in [6.45, 7) is 2.71. The maximum Gasteiger partial charge on any atom is 0.227 e. The molecular weight excluding hydrogens is 294 g/mol. The fourth-order valence-corrected chi connectivity index (χ4v) is 2.41. The van der Waals surface area contributed by atoms with E-state index in [1.807, 2.05) is 12.1 Å². The first-order valence-electron chi connectivity index (χ1n) is 6.87. The van der Waals surface area contributed by atoms with Crippen LogP contribution in [0.2, 0.25) is 5.02 Å². The van der Waals surface area contributed by atoms with E-state index in [2.05, 4.69) is 15.5 Å². The second-order valence-corrected chi connectivity index (χ2v) is 5.12. The van der Waals surface area contributed by atoms with Crippen molar-refractivity contribution in [2.75, 3.05) is 19.8 Å². The quantitative estimate of drug-likeness (QED) is 0.854. The van der Waals surface area contributed by atoms with Gasteiger partial charge in [0.25, 0.3) is 0 Å². The number of ether oxygens (including phenoxy) is 2. The van der Waals surface area contributed by atoms with Crippen LogP contribution in [0.4, 0.5) is 0 Å². The summed E-state index contributed by atoms with van der Waals surface area (Å²) in [7, 11) is 0. The van der Waals surface area contributed by atoms with Gasteiger partial charge in [-0.2, -0.15) is 4.98 Å². The third-order valence-corrected chi connectivity index (χ3v) is 3.39. The van der Waals surface area contributed by atoms with Crippen LogP contribution in [0.1, 0.15) is 17.9 Å². The zero-order valence-corrected chi connectivity index (χ0v) is 12.2. The molecule has 112 valence electrons. The first kappa shape index (κ1) is 14.2. The van der Waals surface area contributed by atoms with Crippen molar-refractivity contribution in [3.05, 3.63) is 34.9 Å². The van der Waals surface area contributed by atoms with Gasteiger partial charge in [-0.1, -0.05) is 16.8 Å². The molecule has 1 aliphatic rings. The number of aromatic nitrogens is 2. The fourth-order valence-electron chi connectivity index (χ4n) is 2.12. The first-order valence-corrected chi connectivity index (χ1v) is 7.25. The standard InChI is InChI=1S/C14H16ClN3O3/c15-11-6-10(7-12-14(11)20-5-1-4-19-12)8-16-3-2-13-17-9-18-21-13/h6-7,9,16H,1-5,8H2. The monoisotopic (exact) mass is 309 g/mol. The van der Waals surface area contributed by atoms with Crippen LogP contribution in [0.5, 0.6) is 11.5 Å². The van der Waals surface area contributed by atoms with Gasteiger partial charge in [0.2, 0.25) is 5.89 Å². The van der Waals surface area contributed by atoms with E-state index in [9.17, 15) is 0 Å². The zero-order valence-electron chi connectivity index (χ0n) is 11.5. The Morgan fingerprint density at radius 1 is 1.24 bits per heavy atom. The molecule has 1 aromatic heterocycles. The predicted octanol–water partition coefficient (Wildman–Crippen LogP) is 2.22. The summed E-state index contributed by atoms with van der Waals surface area (Å²) < 4.78 is 16.2. The van der Waals surface area contributed by atoms with E-state index in [1.165, 1.54) is 6.33 Å². The summed E-state index contributed by atoms with van der Waals surface area (Å²) in [4.78, 5) is 3.97. The Labute approximate surface area is 127 Å². The number of benzene rings is 1. The van der Waals surface area contributed by atoms with Crippen molar-refractivity contribution in [3.8, 4) is 11.5 Å². The molecule has 0 saturated heterocycles. The van der Waals surface area contributed by atoms with Crippen LogP contribution in [0, 0.1) is 0 Å². The number of fused-ring (bicyclic) bond motifs is 1. The van der Waals surface area contributed by atoms with Crippen LogP contribution in [0.15, 0.2) is 23.0 Å². The van der Waals surface area contributed by atoms with Gasteiger partial charge in [-0.3, -0.25) is 0 Å². The molecule has 1 N–H and O–H groups in total. The minimum absolute atomic E-state index is 0.586. The van der Waals surface area contributed by atoms with Crippen molar-refractivity contribution in [1.82, 2.24) is 15.5 Å². The van der Waals surface area contributed by atoms with Gasteiger partial charge in [-0.15, -0.1) is 0 Å². The van der Waals surface area contributed by atoms with E-state index in [0.29, 0.717) is 48.6 Å². The molecule has 0 unspecified atom stereocenters. The second kappa shape index (κ2) is 6.78. The lowest BCUT2D eigenvalue weighted by Gasteiger charge is -2.12. The topological polar surface area (TPSA) is 69.4 Å². The molecular formula is C14H16ClN3O3. The van der Waals surface area contributed by atoms with Gasteiger partial charge in [-0.25, -0.2) is 0 Å². The Bertz CT molecular complexity index is 589. The lowest BCUT2D eigenvalue weighted by Crippen LogP contribution is -2.17. The third kappa shape index (κ3) is 3.65. The molecule has 0 atom stereocenters. The normalized spacial score (nSPS) is 14.0. The summed E-state index contributed by atoms with van der Waals surface area (Å²) in [6, 6.07) is 3.86. The summed E-state index contributed by atoms with van der Waals surface area (Å²) in [6.07, 6.45) is 2.96. The van der Waals surface area contributed by atoms with Crippen LogP contribution >= 0.6 is 11.6 Å². The van der Waals surface area contributed by atoms with Crippen molar-refractivity contribution in [2.45, 2.75) is 19.4 Å². The van der Waals surface area contributed by atoms with E-state index in [-0.39, 0.29) is 0 Å². The molecule has 0 radical (unpaired) electrons. The zero-order chi connectivity index (χ0) is 14.5. The highest BCUT2D eigenvalue weighted by molar-refractivity contribution is 6.32. The van der Waals surface area contributed by atoms with Gasteiger partial charge < -0.3 is 19.3 Å². The first-order chi connectivity index (χ1) is 10.3. The van der Waals surface area contributed by atoms with Gasteiger partial charge in [0, 0.05) is 25.9 Å². The van der Waals surface area contributed by atoms with Crippen LogP contribution in [-0.2, 0) is 13.0 Å². The second-order valence-electron chi connectivity index (χ2n) is 4.72. The lowest BCUT2D eigenvalue weighted by atomic mass is 10.2. The highest BCUT2D eigenvalue weighted by Gasteiger charge is 2.15. The van der Waals surface area contributed by atoms with E-state index >= 15 is 0 Å². The van der Waals surface area contributed by atoms with Crippen molar-refractivity contribution in [3.63, 3.8) is 0 Å². The minimum atomic E-state index is 0.586. The molecule has 0 saturated carbocycles. The SMILES string of the molecule is Clc1cc(CNCCc2ncno2)cc2c1OCCCO2. The molecule has 0 amide bonds. The molecule has 21 heavy (non-hydrogen) atoms. The summed E-state index contributed by atoms with van der Waals surface area (Å²) in [5.41, 5.74) is 1.05. The maximum absolute atomic E-state index is 6.25. The van der Waals surface area contributed by atoms with Crippen molar-refractivity contribution in [1.29, 1.82) is 0 Å². The Morgan fingerprint density at radius 2 is 2.14 bits per heavy atom. The van der Waals surface area contributed by atoms with Gasteiger partial charge in [0.05, 0.1) is 18.2 Å². The lowest BCUT2D eigenvalue weighted by molar-refractivity contribution is 0.297. The number of nitrogens with one attached hydrogen (secondary N) is 1. The fraction of sp³-hybridized carbons (Fsp3) is 0.429. The van der Waals surface area contributed by atoms with Gasteiger partial charge in [-0.05, 0) is 17.7 Å². The number of hydrogen-bond acceptors (Lipinski definition) is 6. The van der Waals surface area contributed by atoms with Crippen molar-refractivity contribution < 1.29 is 14.0 Å². The predicted molar refractivity (Wildman–Crippen MR) is 76.8 cm³/mol. The van der Waals surface area contributed by atoms with Gasteiger partial charge >= 0.3 is 0 Å². The maximum atomic E-state index is 6.25. The van der Waals surface area contributed by atoms with Crippen LogP contribution < -0.4 is 14.8 Å². The number of hydrogen-bond donors (Lipinski definition) is 1. The van der Waals surface area contributed by atoms with Crippen LogP contribution in [0.3, 0.4) is 0 Å². The van der Waals surface area contributed by atoms with Gasteiger partial charge in [0.15, 0.2) is 17.8 Å². The molecule has 7 heteroatoms. The van der Waals surface area contributed by atoms with E-state index < -0.39 is 0 Å². The van der Waals surface area contributed by atoms with Crippen LogP contribution in [0.25, 0.3) is 0 Å². The molecule has 0 aliphatic carbocycles. The highest BCUT2D eigenvalue weighted by atomic mass is 35.5. The molecule has 0 fully saturated rings. The average Bonchev–Trinajstić information content (AvgIpc) is 2.87. The van der Waals surface area contributed by atoms with E-state index in [0.717, 1.165) is 18.5 Å².